The zero-order valence-electron chi connectivity index (χ0n) is 14.0. The van der Waals surface area contributed by atoms with Crippen LogP contribution in [0, 0.1) is 15.9 Å². The Balaban J connectivity index is 2.98. The minimum Gasteiger partial charge on any atom is -0.463 e. The molecule has 0 aromatic heterocycles. The van der Waals surface area contributed by atoms with Crippen LogP contribution in [-0.4, -0.2) is 23.2 Å². The van der Waals surface area contributed by atoms with Crippen molar-refractivity contribution in [1.82, 2.24) is 0 Å². The van der Waals surface area contributed by atoms with E-state index < -0.39 is 5.41 Å². The highest BCUT2D eigenvalue weighted by Crippen LogP contribution is 2.33. The lowest BCUT2D eigenvalue weighted by molar-refractivity contribution is -0.147. The molecule has 24 heavy (non-hydrogen) atoms. The zero-order chi connectivity index (χ0) is 18.2. The fourth-order valence-electron chi connectivity index (χ4n) is 2.61. The molecule has 0 N–H and O–H groups in total. The van der Waals surface area contributed by atoms with E-state index in [0.717, 1.165) is 9.13 Å². The molecule has 0 aliphatic heterocycles. The Morgan fingerprint density at radius 2 is 2.12 bits per heavy atom. The van der Waals surface area contributed by atoms with Crippen LogP contribution in [0.2, 0.25) is 0 Å². The third-order valence-electron chi connectivity index (χ3n) is 4.11. The molecule has 0 bridgehead atoms. The van der Waals surface area contributed by atoms with Crippen LogP contribution in [0.1, 0.15) is 45.1 Å². The van der Waals surface area contributed by atoms with Gasteiger partial charge in [0.05, 0.1) is 10.7 Å². The fourth-order valence-corrected chi connectivity index (χ4v) is 3.78. The summed E-state index contributed by atoms with van der Waals surface area (Å²) in [5, 5.41) is 0.289. The lowest BCUT2D eigenvalue weighted by Gasteiger charge is -2.30. The summed E-state index contributed by atoms with van der Waals surface area (Å²) in [7, 11) is 0. The van der Waals surface area contributed by atoms with Gasteiger partial charge in [0.1, 0.15) is 6.10 Å². The van der Waals surface area contributed by atoms with Crippen LogP contribution in [0.15, 0.2) is 24.3 Å². The highest BCUT2D eigenvalue weighted by molar-refractivity contribution is 14.1. The summed E-state index contributed by atoms with van der Waals surface area (Å²) in [6.07, 6.45) is 7.41. The summed E-state index contributed by atoms with van der Waals surface area (Å²) in [6.45, 7) is 3.35. The monoisotopic (exact) mass is 504 g/mol. The molecule has 2 unspecified atom stereocenters. The third kappa shape index (κ3) is 6.21. The van der Waals surface area contributed by atoms with Crippen molar-refractivity contribution in [2.45, 2.75) is 51.0 Å². The van der Waals surface area contributed by atoms with Crippen molar-refractivity contribution in [1.29, 1.82) is 0 Å². The summed E-state index contributed by atoms with van der Waals surface area (Å²) in [5.74, 6) is 2.37. The van der Waals surface area contributed by atoms with Gasteiger partial charge in [0.2, 0.25) is 0 Å². The number of hydrogen-bond donors (Lipinski definition) is 0. The quantitative estimate of drug-likeness (QED) is 0.213. The largest absolute Gasteiger partial charge is 0.463 e. The lowest BCUT2D eigenvalue weighted by atomic mass is 9.75. The Morgan fingerprint density at radius 1 is 1.42 bits per heavy atom. The molecule has 0 saturated carbocycles. The molecule has 3 nitrogen and oxygen atoms in total. The van der Waals surface area contributed by atoms with Gasteiger partial charge in [0.25, 0.3) is 0 Å². The molecule has 0 aliphatic carbocycles. The van der Waals surface area contributed by atoms with Crippen molar-refractivity contribution >= 4 is 50.3 Å². The van der Waals surface area contributed by atoms with Crippen LogP contribution < -0.4 is 0 Å². The van der Waals surface area contributed by atoms with E-state index in [9.17, 15) is 9.59 Å². The Labute approximate surface area is 166 Å². The van der Waals surface area contributed by atoms with Crippen molar-refractivity contribution in [2.24, 2.45) is 0 Å². The first-order valence-corrected chi connectivity index (χ1v) is 9.99. The number of esters is 1. The topological polar surface area (TPSA) is 43.4 Å². The van der Waals surface area contributed by atoms with Crippen LogP contribution in [0.3, 0.4) is 0 Å². The molecule has 1 rings (SSSR count). The van der Waals surface area contributed by atoms with E-state index in [1.165, 1.54) is 6.92 Å². The number of ketones is 1. The van der Waals surface area contributed by atoms with Gasteiger partial charge >= 0.3 is 5.97 Å². The summed E-state index contributed by atoms with van der Waals surface area (Å²) in [5.41, 5.74) is 0.358. The van der Waals surface area contributed by atoms with Gasteiger partial charge in [-0.1, -0.05) is 28.1 Å². The standard InChI is InChI=1S/C19H22BrIO3/c1-4-5-9-17(24-14(2)22)10-11-19(3,18(23)13-20)15-7-6-8-16(21)12-15/h1,6-8,12,17H,5,9-11,13H2,2-3H3. The number of terminal acetylenes is 1. The Hall–Kier alpha value is -0.870. The maximum absolute atomic E-state index is 12.6. The van der Waals surface area contributed by atoms with Crippen molar-refractivity contribution in [2.75, 3.05) is 5.33 Å². The van der Waals surface area contributed by atoms with E-state index in [0.29, 0.717) is 25.7 Å². The number of benzene rings is 1. The molecule has 0 aliphatic rings. The summed E-state index contributed by atoms with van der Waals surface area (Å²) in [6, 6.07) is 7.96. The molecule has 0 heterocycles. The molecule has 0 amide bonds. The third-order valence-corrected chi connectivity index (χ3v) is 5.29. The SMILES string of the molecule is C#CCCC(CCC(C)(C(=O)CBr)c1cccc(I)c1)OC(C)=O. The molecule has 1 aromatic rings. The van der Waals surface area contributed by atoms with Crippen molar-refractivity contribution in [3.05, 3.63) is 33.4 Å². The van der Waals surface area contributed by atoms with E-state index in [1.807, 2.05) is 31.2 Å². The molecule has 5 heteroatoms. The van der Waals surface area contributed by atoms with E-state index >= 15 is 0 Å². The number of carbonyl (C=O) groups excluding carboxylic acids is 2. The lowest BCUT2D eigenvalue weighted by Crippen LogP contribution is -2.35. The molecular formula is C19H22BrIO3. The first-order valence-electron chi connectivity index (χ1n) is 7.79. The highest BCUT2D eigenvalue weighted by Gasteiger charge is 2.35. The van der Waals surface area contributed by atoms with Crippen LogP contribution in [0.5, 0.6) is 0 Å². The van der Waals surface area contributed by atoms with Gasteiger partial charge in [-0.15, -0.1) is 12.3 Å². The number of Topliss-reactive ketones (excluding diaryl/α,β-unsaturated/α-hetero) is 1. The first kappa shape index (κ1) is 21.2. The molecule has 130 valence electrons. The Kier molecular flexibility index (Phi) is 8.99. The smallest absolute Gasteiger partial charge is 0.302 e. The second-order valence-corrected chi connectivity index (χ2v) is 7.72. The van der Waals surface area contributed by atoms with E-state index in [2.05, 4.69) is 44.4 Å². The summed E-state index contributed by atoms with van der Waals surface area (Å²) < 4.78 is 6.45. The number of ether oxygens (including phenoxy) is 1. The number of carbonyl (C=O) groups is 2. The Bertz CT molecular complexity index is 623. The predicted octanol–water partition coefficient (Wildman–Crippen LogP) is 4.64. The highest BCUT2D eigenvalue weighted by atomic mass is 127. The van der Waals surface area contributed by atoms with Crippen LogP contribution in [-0.2, 0) is 19.7 Å². The number of hydrogen-bond acceptors (Lipinski definition) is 3. The van der Waals surface area contributed by atoms with E-state index in [1.54, 1.807) is 0 Å². The second-order valence-electron chi connectivity index (χ2n) is 5.91. The maximum Gasteiger partial charge on any atom is 0.302 e. The predicted molar refractivity (Wildman–Crippen MR) is 108 cm³/mol. The number of alkyl halides is 1. The zero-order valence-corrected chi connectivity index (χ0v) is 17.7. The van der Waals surface area contributed by atoms with Gasteiger partial charge in [-0.25, -0.2) is 0 Å². The maximum atomic E-state index is 12.6. The second kappa shape index (κ2) is 10.2. The summed E-state index contributed by atoms with van der Waals surface area (Å²) >= 11 is 5.53. The van der Waals surface area contributed by atoms with Crippen molar-refractivity contribution < 1.29 is 14.3 Å². The molecule has 0 fully saturated rings. The van der Waals surface area contributed by atoms with Crippen LogP contribution in [0.25, 0.3) is 0 Å². The number of rotatable bonds is 9. The minimum absolute atomic E-state index is 0.114. The molecule has 0 spiro atoms. The van der Waals surface area contributed by atoms with Crippen molar-refractivity contribution in [3.63, 3.8) is 0 Å². The minimum atomic E-state index is -0.626. The summed E-state index contributed by atoms with van der Waals surface area (Å²) in [4.78, 5) is 23.9. The van der Waals surface area contributed by atoms with Gasteiger partial charge in [-0.05, 0) is 66.5 Å². The van der Waals surface area contributed by atoms with Gasteiger partial charge in [0.15, 0.2) is 5.78 Å². The first-order chi connectivity index (χ1) is 11.3. The van der Waals surface area contributed by atoms with Crippen LogP contribution in [0.4, 0.5) is 0 Å². The van der Waals surface area contributed by atoms with Gasteiger partial charge in [-0.2, -0.15) is 0 Å². The van der Waals surface area contributed by atoms with Crippen molar-refractivity contribution in [3.8, 4) is 12.3 Å². The molecule has 0 saturated heterocycles. The average Bonchev–Trinajstić information content (AvgIpc) is 2.55. The molecule has 1 aromatic carbocycles. The van der Waals surface area contributed by atoms with Gasteiger partial charge < -0.3 is 4.74 Å². The number of halogens is 2. The van der Waals surface area contributed by atoms with E-state index in [-0.39, 0.29) is 23.2 Å². The molecule has 2 atom stereocenters. The Morgan fingerprint density at radius 3 is 2.67 bits per heavy atom. The normalized spacial score (nSPS) is 14.3. The average molecular weight is 505 g/mol. The fraction of sp³-hybridized carbons (Fsp3) is 0.474. The molecule has 0 radical (unpaired) electrons. The van der Waals surface area contributed by atoms with Gasteiger partial charge in [0, 0.05) is 16.9 Å². The van der Waals surface area contributed by atoms with Gasteiger partial charge in [-0.3, -0.25) is 9.59 Å². The van der Waals surface area contributed by atoms with E-state index in [4.69, 9.17) is 11.2 Å². The van der Waals surface area contributed by atoms with Crippen LogP contribution >= 0.6 is 38.5 Å². The molecular weight excluding hydrogens is 483 g/mol.